The highest BCUT2D eigenvalue weighted by Crippen LogP contribution is 2.25. The second-order valence-electron chi connectivity index (χ2n) is 7.27. The third kappa shape index (κ3) is 4.62. The van der Waals surface area contributed by atoms with Crippen LogP contribution in [-0.2, 0) is 16.2 Å². The summed E-state index contributed by atoms with van der Waals surface area (Å²) in [6.07, 6.45) is -0.0798. The minimum Gasteiger partial charge on any atom is -0.496 e. The van der Waals surface area contributed by atoms with Gasteiger partial charge in [-0.25, -0.2) is 0 Å². The van der Waals surface area contributed by atoms with Gasteiger partial charge in [0.25, 0.3) is 5.91 Å². The molecule has 2 aliphatic heterocycles. The van der Waals surface area contributed by atoms with Gasteiger partial charge in [0.1, 0.15) is 5.75 Å². The summed E-state index contributed by atoms with van der Waals surface area (Å²) in [5, 5.41) is 4.17. The molecule has 2 aromatic carbocycles. The molecule has 152 valence electrons. The number of hydrogen-bond donors (Lipinski definition) is 0. The summed E-state index contributed by atoms with van der Waals surface area (Å²) < 4.78 is 6.49. The normalized spacial score (nSPS) is 19.6. The van der Waals surface area contributed by atoms with Gasteiger partial charge in [0.15, 0.2) is 0 Å². The van der Waals surface area contributed by atoms with Crippen molar-refractivity contribution in [2.24, 2.45) is 5.16 Å². The summed E-state index contributed by atoms with van der Waals surface area (Å²) in [6, 6.07) is 16.0. The van der Waals surface area contributed by atoms with Gasteiger partial charge in [-0.2, -0.15) is 0 Å². The fraction of sp³-hybridized carbons (Fsp3) is 0.364. The third-order valence-electron chi connectivity index (χ3n) is 5.34. The van der Waals surface area contributed by atoms with E-state index in [2.05, 4.69) is 44.2 Å². The highest BCUT2D eigenvalue weighted by molar-refractivity contribution is 9.10. The van der Waals surface area contributed by atoms with Crippen LogP contribution in [-0.4, -0.2) is 60.8 Å². The first-order chi connectivity index (χ1) is 14.1. The fourth-order valence-electron chi connectivity index (χ4n) is 3.78. The van der Waals surface area contributed by atoms with E-state index in [1.807, 2.05) is 35.2 Å². The van der Waals surface area contributed by atoms with Crippen LogP contribution < -0.4 is 4.74 Å². The van der Waals surface area contributed by atoms with Gasteiger partial charge in [0, 0.05) is 49.2 Å². The molecule has 0 spiro atoms. The molecule has 7 heteroatoms. The van der Waals surface area contributed by atoms with Crippen LogP contribution in [0.2, 0.25) is 0 Å². The van der Waals surface area contributed by atoms with Gasteiger partial charge in [-0.05, 0) is 29.8 Å². The Kier molecular flexibility index (Phi) is 6.16. The highest BCUT2D eigenvalue weighted by Gasteiger charge is 2.34. The van der Waals surface area contributed by atoms with E-state index in [4.69, 9.17) is 9.57 Å². The Morgan fingerprint density at radius 1 is 1.17 bits per heavy atom. The summed E-state index contributed by atoms with van der Waals surface area (Å²) in [5.74, 6) is 0.755. The lowest BCUT2D eigenvalue weighted by atomic mass is 10.0. The van der Waals surface area contributed by atoms with Crippen molar-refractivity contribution in [2.75, 3.05) is 33.3 Å². The lowest BCUT2D eigenvalue weighted by Gasteiger charge is -2.35. The molecule has 0 aliphatic carbocycles. The number of carbonyl (C=O) groups excluding carboxylic acids is 1. The third-order valence-corrected chi connectivity index (χ3v) is 5.83. The van der Waals surface area contributed by atoms with Crippen molar-refractivity contribution in [3.8, 4) is 5.75 Å². The quantitative estimate of drug-likeness (QED) is 0.690. The number of hydrogen-bond acceptors (Lipinski definition) is 5. The Morgan fingerprint density at radius 3 is 2.72 bits per heavy atom. The molecule has 4 rings (SSSR count). The maximum Gasteiger partial charge on any atom is 0.266 e. The summed E-state index contributed by atoms with van der Waals surface area (Å²) in [6.45, 7) is 4.01. The van der Waals surface area contributed by atoms with Gasteiger partial charge >= 0.3 is 0 Å². The molecule has 6 nitrogen and oxygen atoms in total. The monoisotopic (exact) mass is 457 g/mol. The van der Waals surface area contributed by atoms with E-state index in [0.29, 0.717) is 19.5 Å². The first-order valence-electron chi connectivity index (χ1n) is 9.75. The molecule has 0 saturated carbocycles. The van der Waals surface area contributed by atoms with Crippen molar-refractivity contribution in [3.63, 3.8) is 0 Å². The molecule has 0 bridgehead atoms. The Bertz CT molecular complexity index is 910. The number of methoxy groups -OCH3 is 1. The number of piperazine rings is 1. The van der Waals surface area contributed by atoms with Crippen LogP contribution in [0.25, 0.3) is 0 Å². The highest BCUT2D eigenvalue weighted by atomic mass is 79.9. The number of benzene rings is 2. The Hall–Kier alpha value is -2.38. The van der Waals surface area contributed by atoms with Crippen LogP contribution in [0.3, 0.4) is 0 Å². The molecule has 2 aromatic rings. The largest absolute Gasteiger partial charge is 0.496 e. The number of rotatable bonds is 5. The van der Waals surface area contributed by atoms with Crippen LogP contribution in [0, 0.1) is 0 Å². The van der Waals surface area contributed by atoms with Gasteiger partial charge in [-0.15, -0.1) is 0 Å². The van der Waals surface area contributed by atoms with Crippen molar-refractivity contribution in [2.45, 2.75) is 19.1 Å². The molecule has 2 aliphatic rings. The smallest absolute Gasteiger partial charge is 0.266 e. The van der Waals surface area contributed by atoms with Crippen molar-refractivity contribution in [3.05, 3.63) is 64.1 Å². The van der Waals surface area contributed by atoms with Gasteiger partial charge in [0.05, 0.1) is 12.8 Å². The molecule has 1 amide bonds. The predicted octanol–water partition coefficient (Wildman–Crippen LogP) is 3.30. The molecule has 29 heavy (non-hydrogen) atoms. The number of para-hydroxylation sites is 1. The average Bonchev–Trinajstić information content (AvgIpc) is 3.24. The van der Waals surface area contributed by atoms with E-state index in [1.54, 1.807) is 7.11 Å². The van der Waals surface area contributed by atoms with E-state index in [-0.39, 0.29) is 5.91 Å². The molecular formula is C22H24BrN3O3. The maximum atomic E-state index is 12.9. The lowest BCUT2D eigenvalue weighted by Crippen LogP contribution is -2.51. The van der Waals surface area contributed by atoms with Crippen LogP contribution in [0.1, 0.15) is 17.5 Å². The number of oxime groups is 1. The maximum absolute atomic E-state index is 12.9. The van der Waals surface area contributed by atoms with Crippen molar-refractivity contribution < 1.29 is 14.4 Å². The average molecular weight is 458 g/mol. The number of halogens is 1. The van der Waals surface area contributed by atoms with E-state index in [9.17, 15) is 4.79 Å². The Labute approximate surface area is 179 Å². The first-order valence-corrected chi connectivity index (χ1v) is 10.5. The molecule has 1 fully saturated rings. The number of ether oxygens (including phenoxy) is 1. The summed E-state index contributed by atoms with van der Waals surface area (Å²) in [4.78, 5) is 22.7. The molecular weight excluding hydrogens is 434 g/mol. The van der Waals surface area contributed by atoms with Gasteiger partial charge < -0.3 is 14.5 Å². The molecule has 0 N–H and O–H groups in total. The number of amides is 1. The van der Waals surface area contributed by atoms with Gasteiger partial charge in [-0.1, -0.05) is 45.4 Å². The van der Waals surface area contributed by atoms with Crippen LogP contribution in [0.4, 0.5) is 0 Å². The zero-order chi connectivity index (χ0) is 20.2. The molecule has 0 radical (unpaired) electrons. The predicted molar refractivity (Wildman–Crippen MR) is 115 cm³/mol. The van der Waals surface area contributed by atoms with Gasteiger partial charge in [-0.3, -0.25) is 9.69 Å². The second kappa shape index (κ2) is 8.97. The van der Waals surface area contributed by atoms with E-state index < -0.39 is 6.10 Å². The first kappa shape index (κ1) is 19.9. The topological polar surface area (TPSA) is 54.4 Å². The minimum absolute atomic E-state index is 0.0146. The number of carbonyl (C=O) groups is 1. The summed E-state index contributed by atoms with van der Waals surface area (Å²) in [7, 11) is 1.63. The van der Waals surface area contributed by atoms with E-state index in [0.717, 1.165) is 41.1 Å². The second-order valence-corrected chi connectivity index (χ2v) is 8.18. The van der Waals surface area contributed by atoms with Crippen LogP contribution in [0.5, 0.6) is 5.75 Å². The summed E-state index contributed by atoms with van der Waals surface area (Å²) >= 11 is 3.52. The lowest BCUT2D eigenvalue weighted by molar-refractivity contribution is -0.143. The van der Waals surface area contributed by atoms with Gasteiger partial charge in [0.2, 0.25) is 6.10 Å². The molecule has 0 aromatic heterocycles. The van der Waals surface area contributed by atoms with Crippen LogP contribution >= 0.6 is 15.9 Å². The fourth-order valence-corrected chi connectivity index (χ4v) is 4.22. The van der Waals surface area contributed by atoms with Crippen molar-refractivity contribution in [1.82, 2.24) is 9.80 Å². The molecule has 2 heterocycles. The zero-order valence-electron chi connectivity index (χ0n) is 16.4. The Morgan fingerprint density at radius 2 is 1.97 bits per heavy atom. The molecule has 1 atom stereocenters. The van der Waals surface area contributed by atoms with E-state index in [1.165, 1.54) is 5.56 Å². The molecule has 1 saturated heterocycles. The van der Waals surface area contributed by atoms with Crippen LogP contribution in [0.15, 0.2) is 58.2 Å². The van der Waals surface area contributed by atoms with Crippen molar-refractivity contribution in [1.29, 1.82) is 0 Å². The van der Waals surface area contributed by atoms with E-state index >= 15 is 0 Å². The Balaban J connectivity index is 1.30. The SMILES string of the molecule is COc1ccccc1C1=NOC(C(=O)N2CCN(Cc3cccc(Br)c3)CC2)C1. The zero-order valence-corrected chi connectivity index (χ0v) is 18.0. The minimum atomic E-state index is -0.549. The summed E-state index contributed by atoms with van der Waals surface area (Å²) in [5.41, 5.74) is 2.91. The standard InChI is InChI=1S/C22H24BrN3O3/c1-28-20-8-3-2-7-18(20)19-14-21(29-24-19)22(27)26-11-9-25(10-12-26)15-16-5-4-6-17(23)13-16/h2-8,13,21H,9-12,14-15H2,1H3. The number of nitrogens with zero attached hydrogens (tertiary/aromatic N) is 3. The van der Waals surface area contributed by atoms with Crippen molar-refractivity contribution >= 4 is 27.5 Å². The molecule has 1 unspecified atom stereocenters.